The van der Waals surface area contributed by atoms with Crippen LogP contribution in [0.2, 0.25) is 0 Å². The summed E-state index contributed by atoms with van der Waals surface area (Å²) in [6.07, 6.45) is 3.99. The molecule has 0 saturated carbocycles. The molecule has 6 heteroatoms. The number of likely N-dealkylation sites (tertiary alicyclic amines) is 1. The Morgan fingerprint density at radius 1 is 1.60 bits per heavy atom. The minimum absolute atomic E-state index is 0.218. The van der Waals surface area contributed by atoms with Crippen LogP contribution in [-0.4, -0.2) is 49.7 Å². The summed E-state index contributed by atoms with van der Waals surface area (Å²) in [5.74, 6) is 0.940. The molecule has 2 amide bonds. The maximum absolute atomic E-state index is 11.9. The van der Waals surface area contributed by atoms with Crippen molar-refractivity contribution in [3.05, 3.63) is 18.3 Å². The average Bonchev–Trinajstić information content (AvgIpc) is 2.46. The van der Waals surface area contributed by atoms with E-state index >= 15 is 0 Å². The van der Waals surface area contributed by atoms with Gasteiger partial charge in [-0.2, -0.15) is 0 Å². The van der Waals surface area contributed by atoms with E-state index in [0.29, 0.717) is 24.0 Å². The van der Waals surface area contributed by atoms with Crippen molar-refractivity contribution >= 4 is 11.7 Å². The predicted molar refractivity (Wildman–Crippen MR) is 78.0 cm³/mol. The molecule has 0 unspecified atom stereocenters. The number of hydrogen-bond donors (Lipinski definition) is 2. The number of carbonyl (C=O) groups excluding carboxylic acids is 1. The lowest BCUT2D eigenvalue weighted by molar-refractivity contribution is 0.204. The first-order valence-electron chi connectivity index (χ1n) is 6.91. The van der Waals surface area contributed by atoms with Crippen molar-refractivity contribution in [1.82, 2.24) is 15.2 Å². The molecule has 1 atom stereocenters. The van der Waals surface area contributed by atoms with Gasteiger partial charge >= 0.3 is 6.03 Å². The number of urea groups is 1. The highest BCUT2D eigenvalue weighted by molar-refractivity contribution is 5.90. The van der Waals surface area contributed by atoms with Crippen LogP contribution in [0.4, 0.5) is 10.5 Å². The number of rotatable bonds is 4. The smallest absolute Gasteiger partial charge is 0.319 e. The van der Waals surface area contributed by atoms with Crippen LogP contribution in [0.25, 0.3) is 0 Å². The molecule has 1 aliphatic rings. The van der Waals surface area contributed by atoms with Crippen molar-refractivity contribution in [3.63, 3.8) is 0 Å². The first-order chi connectivity index (χ1) is 9.69. The van der Waals surface area contributed by atoms with E-state index in [1.165, 1.54) is 20.0 Å². The molecule has 1 fully saturated rings. The first-order valence-corrected chi connectivity index (χ1v) is 6.91. The Morgan fingerprint density at radius 3 is 3.20 bits per heavy atom. The zero-order valence-electron chi connectivity index (χ0n) is 12.1. The molecule has 1 aromatic rings. The lowest BCUT2D eigenvalue weighted by atomic mass is 9.99. The number of nitrogens with one attached hydrogen (secondary N) is 2. The predicted octanol–water partition coefficient (Wildman–Crippen LogP) is 1.55. The van der Waals surface area contributed by atoms with Crippen molar-refractivity contribution in [2.75, 3.05) is 39.1 Å². The molecule has 0 bridgehead atoms. The maximum Gasteiger partial charge on any atom is 0.319 e. The van der Waals surface area contributed by atoms with E-state index in [2.05, 4.69) is 27.6 Å². The summed E-state index contributed by atoms with van der Waals surface area (Å²) in [4.78, 5) is 18.2. The number of piperidine rings is 1. The van der Waals surface area contributed by atoms with Crippen LogP contribution in [0.15, 0.2) is 18.3 Å². The third-order valence-electron chi connectivity index (χ3n) is 3.49. The van der Waals surface area contributed by atoms with Gasteiger partial charge in [-0.3, -0.25) is 0 Å². The van der Waals surface area contributed by atoms with E-state index in [-0.39, 0.29) is 6.03 Å². The highest BCUT2D eigenvalue weighted by Gasteiger charge is 2.17. The summed E-state index contributed by atoms with van der Waals surface area (Å²) in [6.45, 7) is 2.88. The van der Waals surface area contributed by atoms with Gasteiger partial charge in [-0.05, 0) is 44.5 Å². The molecular formula is C14H22N4O2. The third kappa shape index (κ3) is 4.09. The number of methoxy groups -OCH3 is 1. The maximum atomic E-state index is 11.9. The molecule has 0 aromatic carbocycles. The third-order valence-corrected chi connectivity index (χ3v) is 3.49. The largest absolute Gasteiger partial charge is 0.480 e. The van der Waals surface area contributed by atoms with Gasteiger partial charge in [0.2, 0.25) is 5.88 Å². The number of anilines is 1. The van der Waals surface area contributed by atoms with Crippen LogP contribution in [-0.2, 0) is 0 Å². The van der Waals surface area contributed by atoms with Crippen molar-refractivity contribution in [2.24, 2.45) is 5.92 Å². The SMILES string of the molecule is COc1ncccc1NC(=O)NC[C@H]1CCCN(C)C1. The standard InChI is InChI=1S/C14H22N4O2/c1-18-8-4-5-11(10-18)9-16-14(19)17-12-6-3-7-15-13(12)20-2/h3,6-7,11H,4-5,8-10H2,1-2H3,(H2,16,17,19)/t11-/m1/s1. The molecule has 2 N–H and O–H groups in total. The van der Waals surface area contributed by atoms with E-state index < -0.39 is 0 Å². The number of aromatic nitrogens is 1. The lowest BCUT2D eigenvalue weighted by Gasteiger charge is -2.29. The van der Waals surface area contributed by atoms with Gasteiger partial charge in [0.25, 0.3) is 0 Å². The highest BCUT2D eigenvalue weighted by atomic mass is 16.5. The van der Waals surface area contributed by atoms with Crippen LogP contribution in [0.3, 0.4) is 0 Å². The topological polar surface area (TPSA) is 66.5 Å². The van der Waals surface area contributed by atoms with Crippen LogP contribution in [0.1, 0.15) is 12.8 Å². The molecule has 1 saturated heterocycles. The second-order valence-corrected chi connectivity index (χ2v) is 5.17. The monoisotopic (exact) mass is 278 g/mol. The van der Waals surface area contributed by atoms with E-state index in [0.717, 1.165) is 13.1 Å². The van der Waals surface area contributed by atoms with Crippen molar-refractivity contribution < 1.29 is 9.53 Å². The fraction of sp³-hybridized carbons (Fsp3) is 0.571. The van der Waals surface area contributed by atoms with Crippen molar-refractivity contribution in [2.45, 2.75) is 12.8 Å². The van der Waals surface area contributed by atoms with Crippen molar-refractivity contribution in [1.29, 1.82) is 0 Å². The molecule has 0 aliphatic carbocycles. The number of ether oxygens (including phenoxy) is 1. The zero-order valence-corrected chi connectivity index (χ0v) is 12.1. The summed E-state index contributed by atoms with van der Waals surface area (Å²) in [5.41, 5.74) is 0.577. The first kappa shape index (κ1) is 14.6. The Bertz CT molecular complexity index is 453. The van der Waals surface area contributed by atoms with Gasteiger partial charge in [0.15, 0.2) is 0 Å². The Kier molecular flexibility index (Phi) is 5.17. The van der Waals surface area contributed by atoms with Crippen LogP contribution in [0.5, 0.6) is 5.88 Å². The quantitative estimate of drug-likeness (QED) is 0.877. The highest BCUT2D eigenvalue weighted by Crippen LogP contribution is 2.19. The molecular weight excluding hydrogens is 256 g/mol. The lowest BCUT2D eigenvalue weighted by Crippen LogP contribution is -2.40. The summed E-state index contributed by atoms with van der Waals surface area (Å²) in [5, 5.41) is 5.67. The van der Waals surface area contributed by atoms with Crippen LogP contribution >= 0.6 is 0 Å². The fourth-order valence-corrected chi connectivity index (χ4v) is 2.49. The second kappa shape index (κ2) is 7.09. The average molecular weight is 278 g/mol. The summed E-state index contributed by atoms with van der Waals surface area (Å²) in [6, 6.07) is 3.30. The normalized spacial score (nSPS) is 19.4. The molecule has 2 heterocycles. The Morgan fingerprint density at radius 2 is 2.45 bits per heavy atom. The molecule has 2 rings (SSSR count). The number of pyridine rings is 1. The Hall–Kier alpha value is -1.82. The number of hydrogen-bond acceptors (Lipinski definition) is 4. The number of carbonyl (C=O) groups is 1. The van der Waals surface area contributed by atoms with Gasteiger partial charge in [-0.1, -0.05) is 0 Å². The van der Waals surface area contributed by atoms with E-state index in [1.807, 2.05) is 0 Å². The number of amides is 2. The minimum atomic E-state index is -0.218. The van der Waals surface area contributed by atoms with E-state index in [4.69, 9.17) is 4.74 Å². The van der Waals surface area contributed by atoms with Gasteiger partial charge in [0.1, 0.15) is 5.69 Å². The summed E-state index contributed by atoms with van der Waals surface area (Å²) in [7, 11) is 3.65. The molecule has 0 spiro atoms. The fourth-order valence-electron chi connectivity index (χ4n) is 2.49. The molecule has 110 valence electrons. The van der Waals surface area contributed by atoms with Crippen molar-refractivity contribution in [3.8, 4) is 5.88 Å². The molecule has 1 aliphatic heterocycles. The Labute approximate surface area is 119 Å². The van der Waals surface area contributed by atoms with Gasteiger partial charge in [-0.15, -0.1) is 0 Å². The van der Waals surface area contributed by atoms with E-state index in [1.54, 1.807) is 18.3 Å². The second-order valence-electron chi connectivity index (χ2n) is 5.17. The van der Waals surface area contributed by atoms with E-state index in [9.17, 15) is 4.79 Å². The van der Waals surface area contributed by atoms with Crippen LogP contribution < -0.4 is 15.4 Å². The van der Waals surface area contributed by atoms with Gasteiger partial charge in [0.05, 0.1) is 7.11 Å². The summed E-state index contributed by atoms with van der Waals surface area (Å²) >= 11 is 0. The Balaban J connectivity index is 1.80. The molecule has 1 aromatic heterocycles. The molecule has 0 radical (unpaired) electrons. The van der Waals surface area contributed by atoms with Gasteiger partial charge in [0, 0.05) is 19.3 Å². The summed E-state index contributed by atoms with van der Waals surface area (Å²) < 4.78 is 5.09. The van der Waals surface area contributed by atoms with Gasteiger partial charge in [-0.25, -0.2) is 9.78 Å². The van der Waals surface area contributed by atoms with Crippen LogP contribution in [0, 0.1) is 5.92 Å². The molecule has 6 nitrogen and oxygen atoms in total. The molecule has 20 heavy (non-hydrogen) atoms. The zero-order chi connectivity index (χ0) is 14.4. The van der Waals surface area contributed by atoms with Gasteiger partial charge < -0.3 is 20.3 Å². The number of nitrogens with zero attached hydrogens (tertiary/aromatic N) is 2. The minimum Gasteiger partial charge on any atom is -0.480 e.